The van der Waals surface area contributed by atoms with Crippen molar-refractivity contribution in [3.63, 3.8) is 0 Å². The smallest absolute Gasteiger partial charge is 0.253 e. The van der Waals surface area contributed by atoms with Crippen LogP contribution in [-0.2, 0) is 4.79 Å². The van der Waals surface area contributed by atoms with Crippen LogP contribution in [0.15, 0.2) is 66.9 Å². The van der Waals surface area contributed by atoms with E-state index in [0.717, 1.165) is 66.0 Å². The third kappa shape index (κ3) is 5.87. The van der Waals surface area contributed by atoms with Crippen molar-refractivity contribution in [2.45, 2.75) is 31.7 Å². The van der Waals surface area contributed by atoms with Gasteiger partial charge in [-0.2, -0.15) is 0 Å². The Bertz CT molecular complexity index is 1530. The first-order chi connectivity index (χ1) is 19.3. The molecule has 0 unspecified atom stereocenters. The molecule has 0 bridgehead atoms. The van der Waals surface area contributed by atoms with Crippen molar-refractivity contribution in [3.8, 4) is 22.3 Å². The molecule has 0 aliphatic carbocycles. The lowest BCUT2D eigenvalue weighted by Gasteiger charge is -2.34. The number of benzene rings is 3. The van der Waals surface area contributed by atoms with E-state index in [1.165, 1.54) is 12.1 Å². The molecule has 0 spiro atoms. The summed E-state index contributed by atoms with van der Waals surface area (Å²) in [6.07, 6.45) is 5.19. The minimum Gasteiger partial charge on any atom is -0.370 e. The van der Waals surface area contributed by atoms with Crippen molar-refractivity contribution in [3.05, 3.63) is 84.1 Å². The van der Waals surface area contributed by atoms with Crippen LogP contribution in [0.3, 0.4) is 0 Å². The molecule has 1 amide bonds. The molecule has 1 fully saturated rings. The number of rotatable bonds is 8. The number of carbonyl (C=O) groups excluding carboxylic acids is 2. The molecule has 6 nitrogen and oxygen atoms in total. The molecule has 2 heterocycles. The Morgan fingerprint density at radius 1 is 1.02 bits per heavy atom. The predicted molar refractivity (Wildman–Crippen MR) is 154 cm³/mol. The van der Waals surface area contributed by atoms with Crippen LogP contribution >= 0.6 is 0 Å². The standard InChI is InChI=1S/C32H32F2N4O2/c1-37(11-2-3-14-39)32(40)23-6-4-5-21(15-23)22-7-8-30-28(18-22)31(38-12-9-27(35)10-13-38)29(20-36-30)24-16-25(33)19-26(34)17-24/h4-8,14-20,27H,2-3,9-13,35H2,1H3. The maximum Gasteiger partial charge on any atom is 0.253 e. The quantitative estimate of drug-likeness (QED) is 0.224. The van der Waals surface area contributed by atoms with Crippen molar-refractivity contribution in [2.24, 2.45) is 5.73 Å². The van der Waals surface area contributed by atoms with E-state index in [1.807, 2.05) is 36.4 Å². The van der Waals surface area contributed by atoms with Crippen molar-refractivity contribution in [2.75, 3.05) is 31.6 Å². The maximum absolute atomic E-state index is 14.2. The Labute approximate surface area is 232 Å². The molecule has 1 aliphatic heterocycles. The van der Waals surface area contributed by atoms with Crippen LogP contribution in [-0.4, -0.2) is 54.8 Å². The van der Waals surface area contributed by atoms with Gasteiger partial charge < -0.3 is 20.3 Å². The van der Waals surface area contributed by atoms with Crippen molar-refractivity contribution in [1.82, 2.24) is 9.88 Å². The zero-order valence-corrected chi connectivity index (χ0v) is 22.4. The van der Waals surface area contributed by atoms with Gasteiger partial charge in [-0.15, -0.1) is 0 Å². The molecule has 206 valence electrons. The Balaban J connectivity index is 1.59. The minimum absolute atomic E-state index is 0.115. The largest absolute Gasteiger partial charge is 0.370 e. The number of fused-ring (bicyclic) bond motifs is 1. The fraction of sp³-hybridized carbons (Fsp3) is 0.281. The summed E-state index contributed by atoms with van der Waals surface area (Å²) in [5.74, 6) is -1.41. The second kappa shape index (κ2) is 11.9. The second-order valence-corrected chi connectivity index (χ2v) is 10.4. The maximum atomic E-state index is 14.2. The Morgan fingerprint density at radius 2 is 1.75 bits per heavy atom. The number of carbonyl (C=O) groups is 2. The van der Waals surface area contributed by atoms with Crippen LogP contribution in [0.1, 0.15) is 36.0 Å². The Kier molecular flexibility index (Phi) is 8.16. The first-order valence-electron chi connectivity index (χ1n) is 13.5. The van der Waals surface area contributed by atoms with Crippen molar-refractivity contribution < 1.29 is 18.4 Å². The van der Waals surface area contributed by atoms with E-state index in [1.54, 1.807) is 24.2 Å². The fourth-order valence-electron chi connectivity index (χ4n) is 5.31. The number of hydrogen-bond donors (Lipinski definition) is 1. The topological polar surface area (TPSA) is 79.5 Å². The van der Waals surface area contributed by atoms with Gasteiger partial charge in [-0.25, -0.2) is 8.78 Å². The number of aldehydes is 1. The van der Waals surface area contributed by atoms with E-state index in [9.17, 15) is 18.4 Å². The van der Waals surface area contributed by atoms with Gasteiger partial charge in [0.2, 0.25) is 0 Å². The molecule has 5 rings (SSSR count). The molecular weight excluding hydrogens is 510 g/mol. The van der Waals surface area contributed by atoms with Gasteiger partial charge in [0.05, 0.1) is 11.2 Å². The molecule has 0 atom stereocenters. The van der Waals surface area contributed by atoms with Gasteiger partial charge in [0, 0.05) is 67.9 Å². The number of halogens is 2. The lowest BCUT2D eigenvalue weighted by atomic mass is 9.95. The second-order valence-electron chi connectivity index (χ2n) is 10.4. The molecule has 1 aromatic heterocycles. The molecule has 1 aliphatic rings. The summed E-state index contributed by atoms with van der Waals surface area (Å²) in [6.45, 7) is 1.93. The summed E-state index contributed by atoms with van der Waals surface area (Å²) in [4.78, 5) is 32.2. The lowest BCUT2D eigenvalue weighted by Crippen LogP contribution is -2.40. The van der Waals surface area contributed by atoms with E-state index >= 15 is 0 Å². The monoisotopic (exact) mass is 542 g/mol. The fourth-order valence-corrected chi connectivity index (χ4v) is 5.31. The molecular formula is C32H32F2N4O2. The van der Waals surface area contributed by atoms with Crippen LogP contribution in [0, 0.1) is 11.6 Å². The van der Waals surface area contributed by atoms with Crippen LogP contribution in [0.5, 0.6) is 0 Å². The summed E-state index contributed by atoms with van der Waals surface area (Å²) in [5.41, 5.74) is 11.2. The van der Waals surface area contributed by atoms with Gasteiger partial charge in [0.25, 0.3) is 5.91 Å². The lowest BCUT2D eigenvalue weighted by molar-refractivity contribution is -0.108. The Morgan fingerprint density at radius 3 is 2.48 bits per heavy atom. The van der Waals surface area contributed by atoms with E-state index in [4.69, 9.17) is 5.73 Å². The molecule has 3 aromatic carbocycles. The number of piperidine rings is 1. The van der Waals surface area contributed by atoms with Gasteiger partial charge in [-0.05, 0) is 72.4 Å². The molecule has 2 N–H and O–H groups in total. The summed E-state index contributed by atoms with van der Waals surface area (Å²) in [5, 5.41) is 0.859. The first kappa shape index (κ1) is 27.4. The first-order valence-corrected chi connectivity index (χ1v) is 13.5. The van der Waals surface area contributed by atoms with Crippen molar-refractivity contribution >= 4 is 28.8 Å². The van der Waals surface area contributed by atoms with Crippen molar-refractivity contribution in [1.29, 1.82) is 0 Å². The Hall–Kier alpha value is -4.17. The van der Waals surface area contributed by atoms with E-state index < -0.39 is 11.6 Å². The zero-order chi connectivity index (χ0) is 28.2. The van der Waals surface area contributed by atoms with E-state index in [2.05, 4.69) is 9.88 Å². The summed E-state index contributed by atoms with van der Waals surface area (Å²) >= 11 is 0. The SMILES string of the molecule is CN(CCCC=O)C(=O)c1cccc(-c2ccc3ncc(-c4cc(F)cc(F)c4)c(N4CCC(N)CC4)c3c2)c1. The average Bonchev–Trinajstić information content (AvgIpc) is 2.96. The predicted octanol–water partition coefficient (Wildman–Crippen LogP) is 5.83. The number of nitrogens with zero attached hydrogens (tertiary/aromatic N) is 3. The number of anilines is 1. The molecule has 1 saturated heterocycles. The summed E-state index contributed by atoms with van der Waals surface area (Å²) in [7, 11) is 1.73. The van der Waals surface area contributed by atoms with Crippen LogP contribution in [0.25, 0.3) is 33.2 Å². The van der Waals surface area contributed by atoms with Crippen LogP contribution in [0.4, 0.5) is 14.5 Å². The number of amides is 1. The number of pyridine rings is 1. The van der Waals surface area contributed by atoms with Gasteiger partial charge in [0.15, 0.2) is 0 Å². The van der Waals surface area contributed by atoms with Gasteiger partial charge >= 0.3 is 0 Å². The normalized spacial score (nSPS) is 13.9. The molecule has 0 saturated carbocycles. The average molecular weight is 543 g/mol. The summed E-state index contributed by atoms with van der Waals surface area (Å²) in [6, 6.07) is 17.0. The minimum atomic E-state index is -0.645. The third-order valence-electron chi connectivity index (χ3n) is 7.47. The highest BCUT2D eigenvalue weighted by molar-refractivity contribution is 6.02. The number of aromatic nitrogens is 1. The highest BCUT2D eigenvalue weighted by atomic mass is 19.1. The summed E-state index contributed by atoms with van der Waals surface area (Å²) < 4.78 is 28.5. The molecule has 8 heteroatoms. The zero-order valence-electron chi connectivity index (χ0n) is 22.4. The van der Waals surface area contributed by atoms with Crippen LogP contribution in [0.2, 0.25) is 0 Å². The number of unbranched alkanes of at least 4 members (excludes halogenated alkanes) is 1. The van der Waals surface area contributed by atoms with Gasteiger partial charge in [-0.3, -0.25) is 9.78 Å². The van der Waals surface area contributed by atoms with E-state index in [0.29, 0.717) is 36.1 Å². The highest BCUT2D eigenvalue weighted by Gasteiger charge is 2.23. The van der Waals surface area contributed by atoms with E-state index in [-0.39, 0.29) is 11.9 Å². The molecule has 4 aromatic rings. The third-order valence-corrected chi connectivity index (χ3v) is 7.47. The highest BCUT2D eigenvalue weighted by Crippen LogP contribution is 2.40. The van der Waals surface area contributed by atoms with Crippen LogP contribution < -0.4 is 10.6 Å². The number of nitrogens with two attached hydrogens (primary N) is 1. The molecule has 0 radical (unpaired) electrons. The number of hydrogen-bond acceptors (Lipinski definition) is 5. The van der Waals surface area contributed by atoms with Gasteiger partial charge in [0.1, 0.15) is 17.9 Å². The van der Waals surface area contributed by atoms with Gasteiger partial charge in [-0.1, -0.05) is 18.2 Å². The molecule has 40 heavy (non-hydrogen) atoms.